The lowest BCUT2D eigenvalue weighted by Gasteiger charge is -2.28. The first-order valence-electron chi connectivity index (χ1n) is 15.5. The van der Waals surface area contributed by atoms with Gasteiger partial charge in [-0.2, -0.15) is 14.6 Å². The summed E-state index contributed by atoms with van der Waals surface area (Å²) in [6, 6.07) is 1.82. The maximum Gasteiger partial charge on any atom is 0.508 e. The van der Waals surface area contributed by atoms with Crippen molar-refractivity contribution in [3.63, 3.8) is 0 Å². The van der Waals surface area contributed by atoms with Crippen LogP contribution in [0.15, 0.2) is 36.1 Å². The Hall–Kier alpha value is -4.09. The normalized spacial score (nSPS) is 17.5. The highest BCUT2D eigenvalue weighted by atomic mass is 32.1. The van der Waals surface area contributed by atoms with E-state index in [4.69, 9.17) is 18.7 Å². The predicted octanol–water partition coefficient (Wildman–Crippen LogP) is 6.04. The lowest BCUT2D eigenvalue weighted by Crippen LogP contribution is -2.24. The number of aromatic nitrogens is 6. The van der Waals surface area contributed by atoms with Crippen molar-refractivity contribution in [2.75, 3.05) is 24.7 Å². The summed E-state index contributed by atoms with van der Waals surface area (Å²) in [6.07, 6.45) is 6.05. The number of anilines is 1. The van der Waals surface area contributed by atoms with Gasteiger partial charge < -0.3 is 24.4 Å². The van der Waals surface area contributed by atoms with Gasteiger partial charge in [-0.1, -0.05) is 0 Å². The number of carbonyl (C=O) groups excluding carboxylic acids is 2. The molecule has 1 unspecified atom stereocenters. The van der Waals surface area contributed by atoms with Crippen molar-refractivity contribution < 1.29 is 46.6 Å². The summed E-state index contributed by atoms with van der Waals surface area (Å²) in [6.45, 7) is 5.10. The van der Waals surface area contributed by atoms with Crippen molar-refractivity contribution in [1.82, 2.24) is 29.5 Å². The summed E-state index contributed by atoms with van der Waals surface area (Å²) in [5.74, 6) is -2.30. The smallest absolute Gasteiger partial charge is 0.434 e. The molecule has 4 aromatic heterocycles. The van der Waals surface area contributed by atoms with Gasteiger partial charge in [0, 0.05) is 29.9 Å². The van der Waals surface area contributed by atoms with Crippen molar-refractivity contribution in [1.29, 1.82) is 0 Å². The molecular weight excluding hydrogens is 687 g/mol. The van der Waals surface area contributed by atoms with Crippen molar-refractivity contribution in [2.45, 2.75) is 71.4 Å². The quantitative estimate of drug-likeness (QED) is 0.0876. The second-order valence-electron chi connectivity index (χ2n) is 11.4. The van der Waals surface area contributed by atoms with Gasteiger partial charge in [0.05, 0.1) is 36.3 Å². The Morgan fingerprint density at radius 3 is 2.65 bits per heavy atom. The fraction of sp³-hybridized carbons (Fsp3) is 0.467. The average molecular weight is 724 g/mol. The minimum atomic E-state index is -4.12. The van der Waals surface area contributed by atoms with Gasteiger partial charge >= 0.3 is 13.8 Å². The van der Waals surface area contributed by atoms with Gasteiger partial charge in [0.2, 0.25) is 5.95 Å². The largest absolute Gasteiger partial charge is 0.508 e. The van der Waals surface area contributed by atoms with E-state index in [9.17, 15) is 27.8 Å². The highest BCUT2D eigenvalue weighted by molar-refractivity contribution is 7.52. The van der Waals surface area contributed by atoms with Gasteiger partial charge in [-0.25, -0.2) is 23.8 Å². The molecule has 0 saturated heterocycles. The lowest BCUT2D eigenvalue weighted by molar-refractivity contribution is 0.0260. The van der Waals surface area contributed by atoms with Gasteiger partial charge in [-0.15, -0.1) is 11.3 Å². The van der Waals surface area contributed by atoms with Crippen LogP contribution in [0.3, 0.4) is 0 Å². The molecule has 0 radical (unpaired) electrons. The van der Waals surface area contributed by atoms with E-state index in [1.54, 1.807) is 24.7 Å². The molecule has 4 aromatic rings. The van der Waals surface area contributed by atoms with E-state index in [-0.39, 0.29) is 48.3 Å². The molecule has 0 bridgehead atoms. The minimum absolute atomic E-state index is 0.0164. The molecule has 5 rings (SSSR count). The number of hydrogen-bond acceptors (Lipinski definition) is 12. The topological polar surface area (TPSA) is 182 Å². The van der Waals surface area contributed by atoms with Crippen LogP contribution in [0.2, 0.25) is 0 Å². The molecule has 1 aliphatic rings. The van der Waals surface area contributed by atoms with Crippen molar-refractivity contribution in [3.05, 3.63) is 53.6 Å². The fourth-order valence-corrected chi connectivity index (χ4v) is 6.59. The zero-order chi connectivity index (χ0) is 35.1. The monoisotopic (exact) mass is 723 g/mol. The summed E-state index contributed by atoms with van der Waals surface area (Å²) < 4.78 is 64.5. The van der Waals surface area contributed by atoms with Gasteiger partial charge in [-0.3, -0.25) is 18.6 Å². The van der Waals surface area contributed by atoms with Crippen LogP contribution in [-0.2, 0) is 30.0 Å². The highest BCUT2D eigenvalue weighted by Crippen LogP contribution is 2.42. The maximum atomic E-state index is 14.8. The van der Waals surface area contributed by atoms with E-state index < -0.39 is 43.7 Å². The third-order valence-electron chi connectivity index (χ3n) is 7.37. The predicted molar refractivity (Wildman–Crippen MR) is 173 cm³/mol. The van der Waals surface area contributed by atoms with Crippen molar-refractivity contribution >= 4 is 36.7 Å². The molecule has 49 heavy (non-hydrogen) atoms. The Labute approximate surface area is 284 Å². The Balaban J connectivity index is 1.24. The van der Waals surface area contributed by atoms with Crippen LogP contribution in [0.25, 0.3) is 22.0 Å². The Morgan fingerprint density at radius 1 is 1.14 bits per heavy atom. The van der Waals surface area contributed by atoms with E-state index in [1.807, 2.05) is 6.92 Å². The standard InChI is InChI=1S/C30H36F2N7O8PS/c1-4-44-21-7-5-20(6-8-21)39-15-23(27(37-39)26-22(31)9-10-25(32)36-26)34-28(40)24-16-49-29(35-24)19-13-33-38(14-19)17-46-48(42,43)12-11-45-30(41)47-18(2)3/h9-10,13-16,18,20-21H,4-8,11-12,17H2,1-3H3,(H,34,40)(H,42,43)/t20-,21-. The molecule has 2 N–H and O–H groups in total. The second-order valence-corrected chi connectivity index (χ2v) is 14.2. The lowest BCUT2D eigenvalue weighted by atomic mass is 9.93. The number of hydrogen-bond donors (Lipinski definition) is 2. The molecule has 1 atom stereocenters. The van der Waals surface area contributed by atoms with E-state index in [1.165, 1.54) is 22.5 Å². The van der Waals surface area contributed by atoms with Crippen LogP contribution < -0.4 is 5.32 Å². The molecule has 1 aliphatic carbocycles. The molecular formula is C30H36F2N7O8PS. The Bertz CT molecular complexity index is 1810. The summed E-state index contributed by atoms with van der Waals surface area (Å²) in [7, 11) is -4.12. The summed E-state index contributed by atoms with van der Waals surface area (Å²) >= 11 is 1.15. The zero-order valence-corrected chi connectivity index (χ0v) is 28.7. The molecule has 4 heterocycles. The summed E-state index contributed by atoms with van der Waals surface area (Å²) in [4.78, 5) is 42.9. The summed E-state index contributed by atoms with van der Waals surface area (Å²) in [5, 5.41) is 13.3. The zero-order valence-electron chi connectivity index (χ0n) is 27.0. The molecule has 1 amide bonds. The van der Waals surface area contributed by atoms with Crippen molar-refractivity contribution in [3.8, 4) is 22.0 Å². The Kier molecular flexibility index (Phi) is 11.9. The van der Waals surface area contributed by atoms with Gasteiger partial charge in [0.25, 0.3) is 5.91 Å². The van der Waals surface area contributed by atoms with E-state index in [0.717, 1.165) is 49.2 Å². The third kappa shape index (κ3) is 9.76. The number of ether oxygens (including phenoxy) is 3. The SMILES string of the molecule is CCO[C@H]1CC[C@H](n2cc(NC(=O)c3csc(-c4cnn(COP(=O)(O)CCOC(=O)OC(C)C)c4)n3)c(-c3nc(F)ccc3F)n2)CC1. The third-order valence-corrected chi connectivity index (χ3v) is 9.53. The maximum absolute atomic E-state index is 14.8. The highest BCUT2D eigenvalue weighted by Gasteiger charge is 2.27. The summed E-state index contributed by atoms with van der Waals surface area (Å²) in [5.41, 5.74) is 0.339. The number of rotatable bonds is 14. The number of nitrogens with zero attached hydrogens (tertiary/aromatic N) is 6. The number of amides is 1. The minimum Gasteiger partial charge on any atom is -0.434 e. The number of thiazole rings is 1. The number of halogens is 2. The van der Waals surface area contributed by atoms with Crippen LogP contribution in [0.1, 0.15) is 63.0 Å². The van der Waals surface area contributed by atoms with Gasteiger partial charge in [0.15, 0.2) is 5.82 Å². The van der Waals surface area contributed by atoms with Crippen molar-refractivity contribution in [2.24, 2.45) is 0 Å². The first-order valence-corrected chi connectivity index (χ1v) is 18.2. The molecule has 0 aliphatic heterocycles. The number of carbonyl (C=O) groups is 2. The first kappa shape index (κ1) is 36.2. The molecule has 0 spiro atoms. The molecule has 15 nitrogen and oxygen atoms in total. The van der Waals surface area contributed by atoms with E-state index in [0.29, 0.717) is 17.2 Å². The van der Waals surface area contributed by atoms with Crippen LogP contribution >= 0.6 is 18.9 Å². The fourth-order valence-electron chi connectivity index (χ4n) is 5.07. The Morgan fingerprint density at radius 2 is 1.92 bits per heavy atom. The molecule has 1 saturated carbocycles. The second kappa shape index (κ2) is 16.1. The van der Waals surface area contributed by atoms with Crippen LogP contribution in [0.4, 0.5) is 19.3 Å². The van der Waals surface area contributed by atoms with Gasteiger partial charge in [-0.05, 0) is 58.6 Å². The average Bonchev–Trinajstić information content (AvgIpc) is 3.82. The van der Waals surface area contributed by atoms with Crippen LogP contribution in [0.5, 0.6) is 0 Å². The van der Waals surface area contributed by atoms with Crippen LogP contribution in [-0.4, -0.2) is 78.1 Å². The number of pyridine rings is 1. The first-order chi connectivity index (χ1) is 23.4. The molecule has 0 aromatic carbocycles. The van der Waals surface area contributed by atoms with E-state index >= 15 is 0 Å². The van der Waals surface area contributed by atoms with E-state index in [2.05, 4.69) is 25.5 Å². The number of nitrogens with one attached hydrogen (secondary N) is 1. The molecule has 19 heteroatoms. The molecule has 1 fully saturated rings. The van der Waals surface area contributed by atoms with Crippen LogP contribution in [0, 0.1) is 11.8 Å². The molecule has 264 valence electrons. The van der Waals surface area contributed by atoms with Gasteiger partial charge in [0.1, 0.15) is 35.4 Å².